The maximum Gasteiger partial charge on any atom is 0.326 e. The van der Waals surface area contributed by atoms with Gasteiger partial charge in [0.2, 0.25) is 0 Å². The normalized spacial score (nSPS) is 11.0. The van der Waals surface area contributed by atoms with Crippen LogP contribution in [0, 0.1) is 11.3 Å². The first-order valence-corrected chi connectivity index (χ1v) is 5.84. The van der Waals surface area contributed by atoms with Gasteiger partial charge in [-0.15, -0.1) is 0 Å². The van der Waals surface area contributed by atoms with Gasteiger partial charge in [0.15, 0.2) is 0 Å². The number of amides is 2. The molecule has 110 valence electrons. The molecule has 0 fully saturated rings. The van der Waals surface area contributed by atoms with Crippen LogP contribution in [0.1, 0.15) is 12.0 Å². The number of hydrogen-bond acceptors (Lipinski definition) is 4. The van der Waals surface area contributed by atoms with Crippen molar-refractivity contribution in [3.8, 4) is 6.07 Å². The zero-order valence-electron chi connectivity index (χ0n) is 11.1. The molecule has 2 amide bonds. The third-order valence-electron chi connectivity index (χ3n) is 2.64. The van der Waals surface area contributed by atoms with Gasteiger partial charge in [0.25, 0.3) is 0 Å². The fourth-order valence-electron chi connectivity index (χ4n) is 1.52. The highest BCUT2D eigenvalue weighted by Crippen LogP contribution is 2.14. The molecular formula is C13H13N3O5. The molecule has 0 saturated carbocycles. The van der Waals surface area contributed by atoms with Crippen molar-refractivity contribution in [1.29, 1.82) is 5.26 Å². The summed E-state index contributed by atoms with van der Waals surface area (Å²) >= 11 is 0. The monoisotopic (exact) mass is 291 g/mol. The summed E-state index contributed by atoms with van der Waals surface area (Å²) in [6.07, 6.45) is -0.729. The Hall–Kier alpha value is -3.08. The Bertz CT molecular complexity index is 608. The number of nitrogens with one attached hydrogen (secondary N) is 1. The summed E-state index contributed by atoms with van der Waals surface area (Å²) in [7, 11) is 1.38. The zero-order chi connectivity index (χ0) is 16.0. The molecule has 0 aliphatic heterocycles. The number of nitriles is 1. The predicted molar refractivity (Wildman–Crippen MR) is 71.8 cm³/mol. The van der Waals surface area contributed by atoms with Crippen LogP contribution in [0.25, 0.3) is 0 Å². The number of carbonyl (C=O) groups is 3. The van der Waals surface area contributed by atoms with Gasteiger partial charge in [0.05, 0.1) is 18.1 Å². The van der Waals surface area contributed by atoms with E-state index in [1.165, 1.54) is 13.1 Å². The molecule has 0 heterocycles. The van der Waals surface area contributed by atoms with E-state index in [-0.39, 0.29) is 0 Å². The van der Waals surface area contributed by atoms with Crippen molar-refractivity contribution in [3.05, 3.63) is 29.8 Å². The van der Waals surface area contributed by atoms with Gasteiger partial charge >= 0.3 is 18.0 Å². The van der Waals surface area contributed by atoms with Crippen LogP contribution in [-0.4, -0.2) is 41.3 Å². The summed E-state index contributed by atoms with van der Waals surface area (Å²) in [5.41, 5.74) is 0.721. The molecule has 0 aliphatic carbocycles. The second-order valence-corrected chi connectivity index (χ2v) is 4.16. The fraction of sp³-hybridized carbons (Fsp3) is 0.231. The van der Waals surface area contributed by atoms with E-state index in [4.69, 9.17) is 15.5 Å². The minimum atomic E-state index is -1.53. The summed E-state index contributed by atoms with van der Waals surface area (Å²) in [5.74, 6) is -2.78. The summed E-state index contributed by atoms with van der Waals surface area (Å²) in [6.45, 7) is 0. The second kappa shape index (κ2) is 6.91. The molecule has 0 unspecified atom stereocenters. The van der Waals surface area contributed by atoms with Gasteiger partial charge in [-0.2, -0.15) is 5.26 Å². The molecule has 0 aromatic heterocycles. The molecule has 1 aromatic carbocycles. The number of benzene rings is 1. The van der Waals surface area contributed by atoms with Crippen LogP contribution in [0.3, 0.4) is 0 Å². The average Bonchev–Trinajstić information content (AvgIpc) is 2.45. The zero-order valence-corrected chi connectivity index (χ0v) is 11.1. The molecule has 0 saturated heterocycles. The molecule has 3 N–H and O–H groups in total. The van der Waals surface area contributed by atoms with E-state index in [9.17, 15) is 14.4 Å². The number of carboxylic acids is 2. The number of carboxylic acid groups (broad SMARTS) is 2. The Balaban J connectivity index is 2.84. The number of hydrogen-bond donors (Lipinski definition) is 3. The van der Waals surface area contributed by atoms with E-state index < -0.39 is 30.4 Å². The number of nitrogens with zero attached hydrogens (tertiary/aromatic N) is 2. The molecule has 1 rings (SSSR count). The van der Waals surface area contributed by atoms with Crippen molar-refractivity contribution in [2.45, 2.75) is 12.5 Å². The van der Waals surface area contributed by atoms with Crippen LogP contribution in [0.15, 0.2) is 24.3 Å². The first-order valence-electron chi connectivity index (χ1n) is 5.84. The standard InChI is InChI=1S/C13H13N3O5/c1-16(9-4-2-3-8(5-9)7-14)13(21)15-10(12(19)20)6-11(17)18/h2-5,10H,6H2,1H3,(H,15,21)(H,17,18)(H,19,20)/t10-/m0/s1. The summed E-state index contributed by atoms with van der Waals surface area (Å²) in [5, 5.41) is 28.4. The fourth-order valence-corrected chi connectivity index (χ4v) is 1.52. The van der Waals surface area contributed by atoms with E-state index in [2.05, 4.69) is 5.32 Å². The van der Waals surface area contributed by atoms with E-state index in [0.717, 1.165) is 4.90 Å². The lowest BCUT2D eigenvalue weighted by atomic mass is 10.2. The van der Waals surface area contributed by atoms with Crippen molar-refractivity contribution >= 4 is 23.7 Å². The number of carbonyl (C=O) groups excluding carboxylic acids is 1. The van der Waals surface area contributed by atoms with E-state index in [1.54, 1.807) is 18.2 Å². The highest BCUT2D eigenvalue weighted by atomic mass is 16.4. The molecule has 0 bridgehead atoms. The Morgan fingerprint density at radius 1 is 1.38 bits per heavy atom. The van der Waals surface area contributed by atoms with Crippen LogP contribution >= 0.6 is 0 Å². The molecule has 0 aliphatic rings. The van der Waals surface area contributed by atoms with E-state index >= 15 is 0 Å². The van der Waals surface area contributed by atoms with Gasteiger partial charge in [-0.1, -0.05) is 6.07 Å². The topological polar surface area (TPSA) is 131 Å². The van der Waals surface area contributed by atoms with Crippen LogP contribution < -0.4 is 10.2 Å². The summed E-state index contributed by atoms with van der Waals surface area (Å²) in [4.78, 5) is 34.5. The molecule has 1 aromatic rings. The Kier molecular flexibility index (Phi) is 5.25. The van der Waals surface area contributed by atoms with Crippen molar-refractivity contribution < 1.29 is 24.6 Å². The highest BCUT2D eigenvalue weighted by molar-refractivity contribution is 5.95. The van der Waals surface area contributed by atoms with Gasteiger partial charge in [-0.3, -0.25) is 9.69 Å². The smallest absolute Gasteiger partial charge is 0.326 e. The molecule has 0 spiro atoms. The molecule has 8 nitrogen and oxygen atoms in total. The Labute approximate surface area is 120 Å². The van der Waals surface area contributed by atoms with Crippen LogP contribution in [-0.2, 0) is 9.59 Å². The van der Waals surface area contributed by atoms with Crippen LogP contribution in [0.4, 0.5) is 10.5 Å². The molecule has 21 heavy (non-hydrogen) atoms. The number of aliphatic carboxylic acids is 2. The SMILES string of the molecule is CN(C(=O)N[C@@H](CC(=O)O)C(=O)O)c1cccc(C#N)c1. The maximum absolute atomic E-state index is 11.9. The maximum atomic E-state index is 11.9. The number of urea groups is 1. The largest absolute Gasteiger partial charge is 0.481 e. The Morgan fingerprint density at radius 3 is 2.57 bits per heavy atom. The predicted octanol–water partition coefficient (Wildman–Crippen LogP) is 0.632. The van der Waals surface area contributed by atoms with Crippen LogP contribution in [0.5, 0.6) is 0 Å². The Morgan fingerprint density at radius 2 is 2.05 bits per heavy atom. The van der Waals surface area contributed by atoms with Crippen molar-refractivity contribution in [3.63, 3.8) is 0 Å². The first kappa shape index (κ1) is 16.0. The number of rotatable bonds is 5. The molecule has 1 atom stereocenters. The second-order valence-electron chi connectivity index (χ2n) is 4.16. The van der Waals surface area contributed by atoms with Crippen molar-refractivity contribution in [2.24, 2.45) is 0 Å². The molecule has 8 heteroatoms. The van der Waals surface area contributed by atoms with Crippen molar-refractivity contribution in [1.82, 2.24) is 5.32 Å². The third-order valence-corrected chi connectivity index (χ3v) is 2.64. The van der Waals surface area contributed by atoms with Gasteiger partial charge in [0, 0.05) is 12.7 Å². The lowest BCUT2D eigenvalue weighted by Crippen LogP contribution is -2.47. The average molecular weight is 291 g/mol. The van der Waals surface area contributed by atoms with Gasteiger partial charge in [-0.05, 0) is 18.2 Å². The minimum absolute atomic E-state index is 0.340. The lowest BCUT2D eigenvalue weighted by Gasteiger charge is -2.20. The van der Waals surface area contributed by atoms with Crippen molar-refractivity contribution in [2.75, 3.05) is 11.9 Å². The summed E-state index contributed by atoms with van der Waals surface area (Å²) in [6, 6.07) is 5.75. The van der Waals surface area contributed by atoms with E-state index in [1.807, 2.05) is 6.07 Å². The van der Waals surface area contributed by atoms with E-state index in [0.29, 0.717) is 11.3 Å². The first-order chi connectivity index (χ1) is 9.85. The van der Waals surface area contributed by atoms with Gasteiger partial charge < -0.3 is 15.5 Å². The van der Waals surface area contributed by atoms with Gasteiger partial charge in [0.1, 0.15) is 6.04 Å². The number of anilines is 1. The molecule has 0 radical (unpaired) electrons. The van der Waals surface area contributed by atoms with Gasteiger partial charge in [-0.25, -0.2) is 9.59 Å². The minimum Gasteiger partial charge on any atom is -0.481 e. The highest BCUT2D eigenvalue weighted by Gasteiger charge is 2.24. The third kappa shape index (κ3) is 4.50. The molecular weight excluding hydrogens is 278 g/mol. The van der Waals surface area contributed by atoms with Crippen LogP contribution in [0.2, 0.25) is 0 Å². The summed E-state index contributed by atoms with van der Waals surface area (Å²) < 4.78 is 0. The lowest BCUT2D eigenvalue weighted by molar-refractivity contribution is -0.145. The quantitative estimate of drug-likeness (QED) is 0.729.